The lowest BCUT2D eigenvalue weighted by molar-refractivity contribution is -0.160. The number of likely N-dealkylation sites (N-methyl/N-ethyl adjacent to an activating group) is 1. The van der Waals surface area contributed by atoms with E-state index in [4.69, 9.17) is 5.73 Å². The van der Waals surface area contributed by atoms with Gasteiger partial charge < -0.3 is 10.6 Å². The van der Waals surface area contributed by atoms with Crippen molar-refractivity contribution in [1.29, 1.82) is 0 Å². The molecule has 1 rings (SSSR count). The summed E-state index contributed by atoms with van der Waals surface area (Å²) in [7, 11) is 1.61. The second-order valence-electron chi connectivity index (χ2n) is 3.99. The van der Waals surface area contributed by atoms with E-state index in [0.29, 0.717) is 6.54 Å². The number of rotatable bonds is 3. The Balaban J connectivity index is 0.00000196. The summed E-state index contributed by atoms with van der Waals surface area (Å²) in [6.07, 6.45) is -0.624. The number of alkyl halides is 2. The average Bonchev–Trinajstić information content (AvgIpc) is 2.10. The van der Waals surface area contributed by atoms with Crippen molar-refractivity contribution < 1.29 is 13.6 Å². The van der Waals surface area contributed by atoms with E-state index in [1.54, 1.807) is 14.0 Å². The monoisotopic (exact) mass is 242 g/mol. The third kappa shape index (κ3) is 3.28. The summed E-state index contributed by atoms with van der Waals surface area (Å²) in [4.78, 5) is 13.0. The Bertz CT molecular complexity index is 230. The third-order valence-corrected chi connectivity index (χ3v) is 2.79. The molecule has 1 saturated carbocycles. The number of hydrogen-bond donors (Lipinski definition) is 1. The highest BCUT2D eigenvalue weighted by Gasteiger charge is 2.49. The molecule has 1 atom stereocenters. The first-order chi connectivity index (χ1) is 6.37. The lowest BCUT2D eigenvalue weighted by Crippen LogP contribution is -2.49. The Morgan fingerprint density at radius 3 is 2.40 bits per heavy atom. The van der Waals surface area contributed by atoms with Gasteiger partial charge in [0.25, 0.3) is 0 Å². The normalized spacial score (nSPS) is 21.1. The van der Waals surface area contributed by atoms with Gasteiger partial charge in [-0.3, -0.25) is 4.79 Å². The van der Waals surface area contributed by atoms with E-state index in [1.807, 2.05) is 0 Å². The van der Waals surface area contributed by atoms with E-state index >= 15 is 0 Å². The maximum absolute atomic E-state index is 12.5. The quantitative estimate of drug-likeness (QED) is 0.810. The van der Waals surface area contributed by atoms with Crippen LogP contribution in [-0.2, 0) is 4.79 Å². The molecule has 1 unspecified atom stereocenters. The van der Waals surface area contributed by atoms with Crippen LogP contribution in [0, 0.1) is 5.92 Å². The van der Waals surface area contributed by atoms with Crippen molar-refractivity contribution in [3.05, 3.63) is 0 Å². The minimum Gasteiger partial charge on any atom is -0.342 e. The molecule has 0 bridgehead atoms. The molecule has 0 saturated heterocycles. The van der Waals surface area contributed by atoms with E-state index in [0.717, 1.165) is 0 Å². The van der Waals surface area contributed by atoms with Gasteiger partial charge in [-0.2, -0.15) is 0 Å². The Labute approximate surface area is 94.4 Å². The largest absolute Gasteiger partial charge is 0.342 e. The Morgan fingerprint density at radius 1 is 1.60 bits per heavy atom. The van der Waals surface area contributed by atoms with Crippen LogP contribution >= 0.6 is 12.4 Å². The maximum Gasteiger partial charge on any atom is 0.249 e. The van der Waals surface area contributed by atoms with Gasteiger partial charge in [0.15, 0.2) is 0 Å². The number of amides is 1. The Hall–Kier alpha value is -0.420. The molecule has 6 heteroatoms. The molecule has 1 aliphatic carbocycles. The summed E-state index contributed by atoms with van der Waals surface area (Å²) >= 11 is 0. The van der Waals surface area contributed by atoms with Crippen molar-refractivity contribution in [3.8, 4) is 0 Å². The van der Waals surface area contributed by atoms with Crippen molar-refractivity contribution >= 4 is 18.3 Å². The molecule has 15 heavy (non-hydrogen) atoms. The van der Waals surface area contributed by atoms with Gasteiger partial charge in [-0.1, -0.05) is 0 Å². The first-order valence-corrected chi connectivity index (χ1v) is 4.72. The predicted molar refractivity (Wildman–Crippen MR) is 56.2 cm³/mol. The molecule has 3 nitrogen and oxygen atoms in total. The van der Waals surface area contributed by atoms with Gasteiger partial charge >= 0.3 is 0 Å². The molecular formula is C9H17ClF2N2O. The third-order valence-electron chi connectivity index (χ3n) is 2.79. The van der Waals surface area contributed by atoms with Gasteiger partial charge in [0.2, 0.25) is 11.8 Å². The molecule has 1 amide bonds. The van der Waals surface area contributed by atoms with Crippen molar-refractivity contribution in [2.45, 2.75) is 31.7 Å². The highest BCUT2D eigenvalue weighted by atomic mass is 35.5. The van der Waals surface area contributed by atoms with Crippen LogP contribution < -0.4 is 5.73 Å². The summed E-state index contributed by atoms with van der Waals surface area (Å²) in [5.41, 5.74) is 5.38. The van der Waals surface area contributed by atoms with E-state index < -0.39 is 11.8 Å². The molecule has 0 aromatic heterocycles. The van der Waals surface area contributed by atoms with E-state index in [1.165, 1.54) is 4.90 Å². The second kappa shape index (κ2) is 5.07. The molecule has 1 aliphatic rings. The molecule has 0 aliphatic heterocycles. The van der Waals surface area contributed by atoms with Crippen LogP contribution in [0.15, 0.2) is 0 Å². The van der Waals surface area contributed by atoms with Crippen LogP contribution in [0.5, 0.6) is 0 Å². The molecule has 2 N–H and O–H groups in total. The van der Waals surface area contributed by atoms with Crippen molar-refractivity contribution in [3.63, 3.8) is 0 Å². The number of nitrogens with two attached hydrogens (primary N) is 1. The summed E-state index contributed by atoms with van der Waals surface area (Å²) in [6.45, 7) is 2.15. The molecule has 90 valence electrons. The highest BCUT2D eigenvalue weighted by Crippen LogP contribution is 2.43. The zero-order chi connectivity index (χ0) is 10.9. The number of hydrogen-bond acceptors (Lipinski definition) is 2. The smallest absolute Gasteiger partial charge is 0.249 e. The van der Waals surface area contributed by atoms with Gasteiger partial charge in [-0.15, -0.1) is 12.4 Å². The summed E-state index contributed by atoms with van der Waals surface area (Å²) in [6, 6.07) is -0.0864. The van der Waals surface area contributed by atoms with Crippen molar-refractivity contribution in [2.24, 2.45) is 11.7 Å². The second-order valence-corrected chi connectivity index (χ2v) is 3.99. The SMILES string of the molecule is CC(CN)N(C)C(=O)C1CC(F)(F)C1.Cl. The highest BCUT2D eigenvalue weighted by molar-refractivity contribution is 5.85. The summed E-state index contributed by atoms with van der Waals surface area (Å²) in [5.74, 6) is -3.36. The number of carbonyl (C=O) groups is 1. The van der Waals surface area contributed by atoms with E-state index in [2.05, 4.69) is 0 Å². The molecule has 0 aromatic carbocycles. The standard InChI is InChI=1S/C9H16F2N2O.ClH/c1-6(5-12)13(2)8(14)7-3-9(10,11)4-7;/h6-7H,3-5,12H2,1-2H3;1H. The maximum atomic E-state index is 12.5. The van der Waals surface area contributed by atoms with Gasteiger partial charge in [0.05, 0.1) is 0 Å². The summed E-state index contributed by atoms with van der Waals surface area (Å²) in [5, 5.41) is 0. The lowest BCUT2D eigenvalue weighted by atomic mass is 9.80. The molecule has 0 aromatic rings. The Morgan fingerprint density at radius 2 is 2.07 bits per heavy atom. The molecule has 1 fully saturated rings. The molecular weight excluding hydrogens is 226 g/mol. The van der Waals surface area contributed by atoms with Crippen LogP contribution in [0.3, 0.4) is 0 Å². The first-order valence-electron chi connectivity index (χ1n) is 4.72. The van der Waals surface area contributed by atoms with Gasteiger partial charge in [0.1, 0.15) is 0 Å². The van der Waals surface area contributed by atoms with Crippen LogP contribution in [0.2, 0.25) is 0 Å². The number of carbonyl (C=O) groups excluding carboxylic acids is 1. The minimum atomic E-state index is -2.63. The van der Waals surface area contributed by atoms with Crippen LogP contribution in [0.4, 0.5) is 8.78 Å². The van der Waals surface area contributed by atoms with E-state index in [9.17, 15) is 13.6 Å². The first kappa shape index (κ1) is 14.6. The topological polar surface area (TPSA) is 46.3 Å². The minimum absolute atomic E-state index is 0. The average molecular weight is 243 g/mol. The van der Waals surface area contributed by atoms with Gasteiger partial charge in [-0.25, -0.2) is 8.78 Å². The number of halogens is 3. The Kier molecular flexibility index (Phi) is 4.93. The van der Waals surface area contributed by atoms with Gasteiger partial charge in [-0.05, 0) is 6.92 Å². The summed E-state index contributed by atoms with van der Waals surface area (Å²) < 4.78 is 25.0. The molecule has 0 radical (unpaired) electrons. The molecule has 0 spiro atoms. The van der Waals surface area contributed by atoms with Crippen LogP contribution in [0.25, 0.3) is 0 Å². The van der Waals surface area contributed by atoms with E-state index in [-0.39, 0.29) is 37.2 Å². The van der Waals surface area contributed by atoms with Crippen LogP contribution in [0.1, 0.15) is 19.8 Å². The fraction of sp³-hybridized carbons (Fsp3) is 0.889. The predicted octanol–water partition coefficient (Wildman–Crippen LogP) is 1.26. The number of nitrogens with zero attached hydrogens (tertiary/aromatic N) is 1. The fourth-order valence-electron chi connectivity index (χ4n) is 1.50. The fourth-order valence-corrected chi connectivity index (χ4v) is 1.50. The van der Waals surface area contributed by atoms with Crippen molar-refractivity contribution in [2.75, 3.05) is 13.6 Å². The van der Waals surface area contributed by atoms with Crippen LogP contribution in [-0.4, -0.2) is 36.4 Å². The molecule has 0 heterocycles. The zero-order valence-electron chi connectivity index (χ0n) is 8.87. The lowest BCUT2D eigenvalue weighted by Gasteiger charge is -2.37. The van der Waals surface area contributed by atoms with Crippen molar-refractivity contribution in [1.82, 2.24) is 4.90 Å². The van der Waals surface area contributed by atoms with Gasteiger partial charge in [0, 0.05) is 38.4 Å². The zero-order valence-corrected chi connectivity index (χ0v) is 9.69.